The van der Waals surface area contributed by atoms with E-state index in [4.69, 9.17) is 0 Å². The number of carbonyl (C=O) groups is 3. The van der Waals surface area contributed by atoms with Gasteiger partial charge in [0.25, 0.3) is 0 Å². The van der Waals surface area contributed by atoms with Crippen molar-refractivity contribution in [3.05, 3.63) is 89.4 Å². The summed E-state index contributed by atoms with van der Waals surface area (Å²) in [6.45, 7) is 5.99. The molecule has 35 heavy (non-hydrogen) atoms. The van der Waals surface area contributed by atoms with Crippen LogP contribution in [-0.2, 0) is 22.7 Å². The number of nitroso groups, excluding NO2 is 1. The van der Waals surface area contributed by atoms with Gasteiger partial charge in [-0.25, -0.2) is 4.79 Å². The summed E-state index contributed by atoms with van der Waals surface area (Å²) in [5.41, 5.74) is 1.88. The number of nitrogens with one attached hydrogen (secondary N) is 2. The zero-order valence-corrected chi connectivity index (χ0v) is 20.1. The van der Waals surface area contributed by atoms with Crippen LogP contribution in [0, 0.1) is 4.91 Å². The van der Waals surface area contributed by atoms with E-state index in [0.717, 1.165) is 16.1 Å². The van der Waals surface area contributed by atoms with Gasteiger partial charge in [-0.05, 0) is 30.4 Å². The number of unbranched alkanes of at least 4 members (excludes halogenated alkanes) is 1. The highest BCUT2D eigenvalue weighted by atomic mass is 16.3. The number of carbonyl (C=O) groups excluding carboxylic acids is 3. The molecule has 0 bridgehead atoms. The average molecular weight is 480 g/mol. The Morgan fingerprint density at radius 3 is 2.20 bits per heavy atom. The standard InChI is InChI=1S/C26H33N5O4/c1-3-17-31(29-35)26(34)30(20-23-14-8-5-9-15-23)18-11-10-16-24(28-21(2)32)25(33)27-19-22-12-6-4-7-13-22/h3-9,12-15,24H,1,10-11,16-20H2,2H3,(H,27,33)(H,28,32)/t24-/m1/s1. The molecule has 0 saturated carbocycles. The number of urea groups is 1. The van der Waals surface area contributed by atoms with E-state index in [2.05, 4.69) is 22.5 Å². The molecule has 186 valence electrons. The van der Waals surface area contributed by atoms with Crippen molar-refractivity contribution in [3.8, 4) is 0 Å². The Hall–Kier alpha value is -4.01. The molecule has 1 atom stereocenters. The molecule has 0 aliphatic rings. The molecule has 0 saturated heterocycles. The molecule has 0 aromatic heterocycles. The summed E-state index contributed by atoms with van der Waals surface area (Å²) in [7, 11) is 0. The fraction of sp³-hybridized carbons (Fsp3) is 0.346. The number of nitrogens with zero attached hydrogens (tertiary/aromatic N) is 3. The Labute approximate surface area is 206 Å². The zero-order valence-electron chi connectivity index (χ0n) is 20.1. The van der Waals surface area contributed by atoms with Gasteiger partial charge < -0.3 is 15.5 Å². The molecule has 0 aliphatic carbocycles. The number of amides is 4. The van der Waals surface area contributed by atoms with Crippen LogP contribution < -0.4 is 10.6 Å². The molecule has 9 heteroatoms. The van der Waals surface area contributed by atoms with Gasteiger partial charge in [0.05, 0.1) is 11.8 Å². The maximum Gasteiger partial charge on any atom is 0.343 e. The summed E-state index contributed by atoms with van der Waals surface area (Å²) in [5.74, 6) is -0.550. The molecule has 4 amide bonds. The maximum absolute atomic E-state index is 12.9. The fourth-order valence-corrected chi connectivity index (χ4v) is 3.55. The monoisotopic (exact) mass is 479 g/mol. The van der Waals surface area contributed by atoms with Crippen molar-refractivity contribution >= 4 is 17.8 Å². The highest BCUT2D eigenvalue weighted by Crippen LogP contribution is 2.12. The van der Waals surface area contributed by atoms with Crippen LogP contribution in [0.25, 0.3) is 0 Å². The molecule has 9 nitrogen and oxygen atoms in total. The summed E-state index contributed by atoms with van der Waals surface area (Å²) < 4.78 is 0. The largest absolute Gasteiger partial charge is 0.350 e. The quantitative estimate of drug-likeness (QED) is 0.186. The second-order valence-corrected chi connectivity index (χ2v) is 8.09. The fourth-order valence-electron chi connectivity index (χ4n) is 3.55. The van der Waals surface area contributed by atoms with Crippen LogP contribution in [-0.4, -0.2) is 46.9 Å². The van der Waals surface area contributed by atoms with Gasteiger partial charge in [0, 0.05) is 26.6 Å². The number of rotatable bonds is 14. The van der Waals surface area contributed by atoms with Crippen LogP contribution in [0.15, 0.2) is 78.6 Å². The number of hydrogen-bond donors (Lipinski definition) is 2. The summed E-state index contributed by atoms with van der Waals surface area (Å²) >= 11 is 0. The van der Waals surface area contributed by atoms with Gasteiger partial charge >= 0.3 is 6.03 Å². The van der Waals surface area contributed by atoms with Crippen LogP contribution in [0.4, 0.5) is 4.79 Å². The molecule has 0 aliphatic heterocycles. The van der Waals surface area contributed by atoms with Gasteiger partial charge in [0.2, 0.25) is 11.8 Å². The van der Waals surface area contributed by atoms with E-state index in [9.17, 15) is 19.3 Å². The van der Waals surface area contributed by atoms with Crippen LogP contribution in [0.3, 0.4) is 0 Å². The Morgan fingerprint density at radius 2 is 1.63 bits per heavy atom. The second-order valence-electron chi connectivity index (χ2n) is 8.09. The molecule has 2 aromatic rings. The van der Waals surface area contributed by atoms with Crippen LogP contribution in [0.5, 0.6) is 0 Å². The Morgan fingerprint density at radius 1 is 1.00 bits per heavy atom. The van der Waals surface area contributed by atoms with Gasteiger partial charge in [0.1, 0.15) is 6.04 Å². The first-order valence-corrected chi connectivity index (χ1v) is 11.6. The predicted molar refractivity (Wildman–Crippen MR) is 135 cm³/mol. The van der Waals surface area contributed by atoms with E-state index >= 15 is 0 Å². The third-order valence-corrected chi connectivity index (χ3v) is 5.28. The van der Waals surface area contributed by atoms with Gasteiger partial charge in [-0.2, -0.15) is 5.01 Å². The molecule has 0 fully saturated rings. The first kappa shape index (κ1) is 27.2. The van der Waals surface area contributed by atoms with E-state index in [-0.39, 0.29) is 18.4 Å². The van der Waals surface area contributed by atoms with E-state index < -0.39 is 12.1 Å². The molecule has 0 unspecified atom stereocenters. The average Bonchev–Trinajstić information content (AvgIpc) is 2.87. The van der Waals surface area contributed by atoms with Crippen molar-refractivity contribution in [2.45, 2.75) is 45.3 Å². The summed E-state index contributed by atoms with van der Waals surface area (Å²) in [6.07, 6.45) is 3.00. The van der Waals surface area contributed by atoms with Crippen LogP contribution in [0.2, 0.25) is 0 Å². The summed E-state index contributed by atoms with van der Waals surface area (Å²) in [4.78, 5) is 49.9. The lowest BCUT2D eigenvalue weighted by Crippen LogP contribution is -2.46. The van der Waals surface area contributed by atoms with Crippen LogP contribution in [0.1, 0.15) is 37.3 Å². The van der Waals surface area contributed by atoms with Crippen molar-refractivity contribution in [1.29, 1.82) is 0 Å². The number of hydrogen-bond acceptors (Lipinski definition) is 5. The molecular weight excluding hydrogens is 446 g/mol. The van der Waals surface area contributed by atoms with Gasteiger partial charge in [-0.1, -0.05) is 66.7 Å². The van der Waals surface area contributed by atoms with Gasteiger partial charge in [-0.3, -0.25) is 9.59 Å². The topological polar surface area (TPSA) is 111 Å². The van der Waals surface area contributed by atoms with Crippen molar-refractivity contribution in [3.63, 3.8) is 0 Å². The molecule has 2 N–H and O–H groups in total. The van der Waals surface area contributed by atoms with E-state index in [1.54, 1.807) is 4.90 Å². The van der Waals surface area contributed by atoms with Crippen molar-refractivity contribution < 1.29 is 14.4 Å². The minimum absolute atomic E-state index is 0.0137. The highest BCUT2D eigenvalue weighted by Gasteiger charge is 2.22. The van der Waals surface area contributed by atoms with Crippen molar-refractivity contribution in [2.75, 3.05) is 13.1 Å². The Bertz CT molecular complexity index is 968. The molecule has 0 spiro atoms. The third kappa shape index (κ3) is 9.79. The lowest BCUT2D eigenvalue weighted by Gasteiger charge is -2.26. The lowest BCUT2D eigenvalue weighted by molar-refractivity contribution is -0.128. The smallest absolute Gasteiger partial charge is 0.343 e. The van der Waals surface area contributed by atoms with Gasteiger partial charge in [-0.15, -0.1) is 11.5 Å². The SMILES string of the molecule is C=CCN(N=O)C(=O)N(CCCC[C@@H](NC(C)=O)C(=O)NCc1ccccc1)Cc1ccccc1. The van der Waals surface area contributed by atoms with Gasteiger partial charge in [0.15, 0.2) is 0 Å². The Kier molecular flexibility index (Phi) is 11.7. The molecule has 2 aromatic carbocycles. The first-order chi connectivity index (χ1) is 16.9. The molecule has 0 heterocycles. The maximum atomic E-state index is 12.9. The van der Waals surface area contributed by atoms with E-state index in [0.29, 0.717) is 38.9 Å². The molecule has 0 radical (unpaired) electrons. The normalized spacial score (nSPS) is 11.1. The minimum atomic E-state index is -0.677. The Balaban J connectivity index is 1.95. The third-order valence-electron chi connectivity index (χ3n) is 5.28. The summed E-state index contributed by atoms with van der Waals surface area (Å²) in [6, 6.07) is 17.8. The summed E-state index contributed by atoms with van der Waals surface area (Å²) in [5, 5.41) is 9.21. The zero-order chi connectivity index (χ0) is 25.5. The second kappa shape index (κ2) is 15.0. The highest BCUT2D eigenvalue weighted by molar-refractivity contribution is 5.86. The minimum Gasteiger partial charge on any atom is -0.350 e. The van der Waals surface area contributed by atoms with Crippen LogP contribution >= 0.6 is 0 Å². The molecular formula is C26H33N5O4. The van der Waals surface area contributed by atoms with E-state index in [1.165, 1.54) is 13.0 Å². The van der Waals surface area contributed by atoms with Crippen molar-refractivity contribution in [2.24, 2.45) is 5.29 Å². The lowest BCUT2D eigenvalue weighted by atomic mass is 10.1. The van der Waals surface area contributed by atoms with E-state index in [1.807, 2.05) is 60.7 Å². The molecule has 2 rings (SSSR count). The predicted octanol–water partition coefficient (Wildman–Crippen LogP) is 3.77. The van der Waals surface area contributed by atoms with Crippen molar-refractivity contribution in [1.82, 2.24) is 20.5 Å². The first-order valence-electron chi connectivity index (χ1n) is 11.6. The number of benzene rings is 2.